The highest BCUT2D eigenvalue weighted by atomic mass is 16.5. The van der Waals surface area contributed by atoms with Crippen LogP contribution in [0.2, 0.25) is 0 Å². The Morgan fingerprint density at radius 3 is 2.95 bits per heavy atom. The Balaban J connectivity index is 1.77. The van der Waals surface area contributed by atoms with E-state index in [2.05, 4.69) is 0 Å². The molecule has 22 heavy (non-hydrogen) atoms. The number of para-hydroxylation sites is 2. The molecule has 1 spiro atoms. The molecule has 2 bridgehead atoms. The minimum absolute atomic E-state index is 0.219. The summed E-state index contributed by atoms with van der Waals surface area (Å²) in [4.78, 5) is 26.0. The van der Waals surface area contributed by atoms with Crippen LogP contribution in [0.1, 0.15) is 0 Å². The van der Waals surface area contributed by atoms with Crippen molar-refractivity contribution in [2.75, 3.05) is 18.6 Å². The maximum atomic E-state index is 12.8. The fraction of sp³-hybridized carbons (Fsp3) is 0.375. The minimum atomic E-state index is -0.989. The predicted octanol–water partition coefficient (Wildman–Crippen LogP) is 1.07. The molecule has 3 aliphatic rings. The molecule has 1 aromatic rings. The van der Waals surface area contributed by atoms with Crippen molar-refractivity contribution >= 4 is 17.6 Å². The first kappa shape index (κ1) is 13.3. The van der Waals surface area contributed by atoms with Gasteiger partial charge in [0.25, 0.3) is 0 Å². The number of amides is 1. The van der Waals surface area contributed by atoms with Gasteiger partial charge >= 0.3 is 5.97 Å². The van der Waals surface area contributed by atoms with Gasteiger partial charge in [0.15, 0.2) is 0 Å². The summed E-state index contributed by atoms with van der Waals surface area (Å²) in [6.07, 6.45) is 3.09. The van der Waals surface area contributed by atoms with Crippen molar-refractivity contribution in [3.63, 3.8) is 0 Å². The summed E-state index contributed by atoms with van der Waals surface area (Å²) in [5.74, 6) is -2.13. The number of benzene rings is 1. The fourth-order valence-corrected chi connectivity index (χ4v) is 3.84. The largest absolute Gasteiger partial charge is 0.495 e. The number of carbonyl (C=O) groups excluding carboxylic acids is 1. The van der Waals surface area contributed by atoms with Crippen LogP contribution < -0.4 is 9.64 Å². The van der Waals surface area contributed by atoms with E-state index in [1.165, 1.54) is 0 Å². The van der Waals surface area contributed by atoms with Crippen molar-refractivity contribution in [1.82, 2.24) is 0 Å². The number of carbonyl (C=O) groups is 2. The molecule has 0 saturated carbocycles. The summed E-state index contributed by atoms with van der Waals surface area (Å²) < 4.78 is 11.2. The molecule has 2 saturated heterocycles. The van der Waals surface area contributed by atoms with Crippen molar-refractivity contribution in [3.05, 3.63) is 36.4 Å². The van der Waals surface area contributed by atoms with E-state index in [4.69, 9.17) is 9.47 Å². The summed E-state index contributed by atoms with van der Waals surface area (Å²) >= 11 is 0. The number of aliphatic carboxylic acids is 1. The summed E-state index contributed by atoms with van der Waals surface area (Å²) in [5.41, 5.74) is -0.186. The van der Waals surface area contributed by atoms with Gasteiger partial charge in [0.2, 0.25) is 5.91 Å². The fourth-order valence-electron chi connectivity index (χ4n) is 3.84. The third kappa shape index (κ3) is 1.53. The Bertz CT molecular complexity index is 700. The lowest BCUT2D eigenvalue weighted by Crippen LogP contribution is -2.39. The molecule has 0 aliphatic carbocycles. The topological polar surface area (TPSA) is 76.1 Å². The molecular weight excluding hydrogens is 286 g/mol. The second-order valence-electron chi connectivity index (χ2n) is 5.83. The molecule has 1 amide bonds. The molecule has 3 aliphatic heterocycles. The second kappa shape index (κ2) is 4.33. The monoisotopic (exact) mass is 301 g/mol. The average Bonchev–Trinajstić information content (AvgIpc) is 3.15. The van der Waals surface area contributed by atoms with E-state index in [1.807, 2.05) is 18.2 Å². The number of ether oxygens (including phenoxy) is 2. The van der Waals surface area contributed by atoms with E-state index in [1.54, 1.807) is 30.2 Å². The van der Waals surface area contributed by atoms with Crippen LogP contribution >= 0.6 is 0 Å². The van der Waals surface area contributed by atoms with E-state index in [0.717, 1.165) is 0 Å². The molecule has 0 radical (unpaired) electrons. The quantitative estimate of drug-likeness (QED) is 0.845. The van der Waals surface area contributed by atoms with E-state index in [9.17, 15) is 14.7 Å². The molecule has 0 unspecified atom stereocenters. The van der Waals surface area contributed by atoms with Gasteiger partial charge in [0, 0.05) is 0 Å². The molecule has 2 fully saturated rings. The molecule has 0 aromatic heterocycles. The van der Waals surface area contributed by atoms with E-state index in [-0.39, 0.29) is 5.91 Å². The minimum Gasteiger partial charge on any atom is -0.495 e. The van der Waals surface area contributed by atoms with Crippen molar-refractivity contribution in [1.29, 1.82) is 0 Å². The Hall–Kier alpha value is -2.34. The highest BCUT2D eigenvalue weighted by Crippen LogP contribution is 2.53. The summed E-state index contributed by atoms with van der Waals surface area (Å²) in [6, 6.07) is 7.21. The molecule has 4 rings (SSSR count). The average molecular weight is 301 g/mol. The maximum absolute atomic E-state index is 12.8. The molecule has 4 atom stereocenters. The van der Waals surface area contributed by atoms with E-state index >= 15 is 0 Å². The molecular formula is C16H15NO5. The van der Waals surface area contributed by atoms with Crippen LogP contribution in [0.25, 0.3) is 0 Å². The number of rotatable bonds is 3. The van der Waals surface area contributed by atoms with Crippen LogP contribution in [-0.4, -0.2) is 42.3 Å². The Morgan fingerprint density at radius 1 is 1.45 bits per heavy atom. The summed E-state index contributed by atoms with van der Waals surface area (Å²) in [7, 11) is 1.54. The lowest BCUT2D eigenvalue weighted by atomic mass is 9.77. The van der Waals surface area contributed by atoms with Gasteiger partial charge in [-0.15, -0.1) is 0 Å². The van der Waals surface area contributed by atoms with Crippen LogP contribution in [-0.2, 0) is 14.3 Å². The van der Waals surface area contributed by atoms with Crippen LogP contribution in [0.5, 0.6) is 5.75 Å². The molecule has 6 nitrogen and oxygen atoms in total. The lowest BCUT2D eigenvalue weighted by molar-refractivity contribution is -0.146. The van der Waals surface area contributed by atoms with Crippen LogP contribution in [0.3, 0.4) is 0 Å². The first-order valence-corrected chi connectivity index (χ1v) is 7.12. The third-order valence-corrected chi connectivity index (χ3v) is 4.76. The van der Waals surface area contributed by atoms with Gasteiger partial charge in [-0.05, 0) is 12.1 Å². The molecule has 6 heteroatoms. The highest BCUT2D eigenvalue weighted by Gasteiger charge is 2.67. The smallest absolute Gasteiger partial charge is 0.310 e. The zero-order chi connectivity index (χ0) is 15.5. The normalized spacial score (nSPS) is 35.0. The zero-order valence-corrected chi connectivity index (χ0v) is 11.9. The predicted molar refractivity (Wildman–Crippen MR) is 76.7 cm³/mol. The van der Waals surface area contributed by atoms with Gasteiger partial charge in [-0.1, -0.05) is 24.3 Å². The first-order chi connectivity index (χ1) is 10.6. The Labute approximate surface area is 126 Å². The number of fused-ring (bicyclic) bond motifs is 1. The number of carboxylic acid groups (broad SMARTS) is 1. The number of anilines is 1. The highest BCUT2D eigenvalue weighted by molar-refractivity contribution is 6.03. The van der Waals surface area contributed by atoms with Gasteiger partial charge in [0.05, 0.1) is 31.4 Å². The van der Waals surface area contributed by atoms with Crippen molar-refractivity contribution in [2.45, 2.75) is 11.7 Å². The number of methoxy groups -OCH3 is 1. The van der Waals surface area contributed by atoms with Crippen molar-refractivity contribution < 1.29 is 24.2 Å². The zero-order valence-electron chi connectivity index (χ0n) is 11.9. The first-order valence-electron chi connectivity index (χ1n) is 7.12. The van der Waals surface area contributed by atoms with Gasteiger partial charge in [-0.2, -0.15) is 0 Å². The van der Waals surface area contributed by atoms with Crippen LogP contribution in [0.15, 0.2) is 36.4 Å². The van der Waals surface area contributed by atoms with Gasteiger partial charge in [-0.25, -0.2) is 0 Å². The second-order valence-corrected chi connectivity index (χ2v) is 5.83. The Kier molecular flexibility index (Phi) is 2.62. The lowest BCUT2D eigenvalue weighted by Gasteiger charge is -2.22. The SMILES string of the molecule is COc1ccccc1N1C[C@]23C=C[C@@H](O2)[C@@H](C(=O)O)[C@H]3C1=O. The van der Waals surface area contributed by atoms with Gasteiger partial charge in [-0.3, -0.25) is 9.59 Å². The summed E-state index contributed by atoms with van der Waals surface area (Å²) in [5, 5.41) is 9.45. The van der Waals surface area contributed by atoms with E-state index < -0.39 is 29.5 Å². The molecule has 114 valence electrons. The number of nitrogens with zero attached hydrogens (tertiary/aromatic N) is 1. The van der Waals surface area contributed by atoms with Crippen LogP contribution in [0.4, 0.5) is 5.69 Å². The molecule has 1 N–H and O–H groups in total. The van der Waals surface area contributed by atoms with Crippen molar-refractivity contribution in [3.8, 4) is 5.75 Å². The van der Waals surface area contributed by atoms with Crippen molar-refractivity contribution in [2.24, 2.45) is 11.8 Å². The maximum Gasteiger partial charge on any atom is 0.310 e. The number of hydrogen-bond donors (Lipinski definition) is 1. The van der Waals surface area contributed by atoms with E-state index in [0.29, 0.717) is 18.0 Å². The number of hydrogen-bond acceptors (Lipinski definition) is 4. The summed E-state index contributed by atoms with van der Waals surface area (Å²) in [6.45, 7) is 0.313. The molecule has 3 heterocycles. The number of carboxylic acids is 1. The van der Waals surface area contributed by atoms with Gasteiger partial charge in [0.1, 0.15) is 17.3 Å². The molecule has 1 aromatic carbocycles. The third-order valence-electron chi connectivity index (χ3n) is 4.76. The van der Waals surface area contributed by atoms with Gasteiger partial charge < -0.3 is 19.5 Å². The van der Waals surface area contributed by atoms with Crippen LogP contribution in [0, 0.1) is 11.8 Å². The standard InChI is InChI=1S/C16H15NO5/c1-21-10-5-3-2-4-9(10)17-8-16-7-6-11(22-16)12(15(19)20)13(16)14(17)18/h2-7,11-13H,8H2,1H3,(H,19,20)/t11-,12-,13+,16+/m1/s1. The Morgan fingerprint density at radius 2 is 2.23 bits per heavy atom.